The highest BCUT2D eigenvalue weighted by molar-refractivity contribution is 5.37. The summed E-state index contributed by atoms with van der Waals surface area (Å²) in [4.78, 5) is 3.65. The minimum atomic E-state index is 0.530. The lowest BCUT2D eigenvalue weighted by molar-refractivity contribution is 1.09. The highest BCUT2D eigenvalue weighted by Gasteiger charge is 1.96. The largest absolute Gasteiger partial charge is 0.384 e. The van der Waals surface area contributed by atoms with Crippen LogP contribution in [0.2, 0.25) is 0 Å². The molecule has 4 nitrogen and oxygen atoms in total. The van der Waals surface area contributed by atoms with Crippen LogP contribution >= 0.6 is 0 Å². The van der Waals surface area contributed by atoms with Gasteiger partial charge in [-0.25, -0.2) is 0 Å². The summed E-state index contributed by atoms with van der Waals surface area (Å²) in [7, 11) is 0. The summed E-state index contributed by atoms with van der Waals surface area (Å²) in [6.07, 6.45) is 1.64. The molecule has 1 heterocycles. The number of nitrogen functional groups attached to an aromatic ring is 1. The van der Waals surface area contributed by atoms with Crippen LogP contribution in [0.5, 0.6) is 0 Å². The van der Waals surface area contributed by atoms with Gasteiger partial charge in [-0.3, -0.25) is 10.1 Å². The van der Waals surface area contributed by atoms with Crippen molar-refractivity contribution >= 4 is 12.5 Å². The summed E-state index contributed by atoms with van der Waals surface area (Å²) >= 11 is 0. The lowest BCUT2D eigenvalue weighted by Crippen LogP contribution is -1.89. The van der Waals surface area contributed by atoms with E-state index in [1.807, 2.05) is 0 Å². The van der Waals surface area contributed by atoms with Crippen LogP contribution < -0.4 is 5.73 Å². The zero-order valence-corrected chi connectivity index (χ0v) is 4.96. The van der Waals surface area contributed by atoms with Gasteiger partial charge in [-0.2, -0.15) is 5.10 Å². The van der Waals surface area contributed by atoms with Crippen LogP contribution in [0.3, 0.4) is 0 Å². The molecule has 1 aromatic rings. The lowest BCUT2D eigenvalue weighted by atomic mass is 10.3. The van der Waals surface area contributed by atoms with Crippen LogP contribution in [0.15, 0.2) is 11.2 Å². The van der Waals surface area contributed by atoms with Crippen molar-refractivity contribution in [2.45, 2.75) is 6.54 Å². The molecule has 48 valence electrons. The third-order valence-corrected chi connectivity index (χ3v) is 1.03. The molecule has 0 unspecified atom stereocenters. The first-order valence-electron chi connectivity index (χ1n) is 2.55. The van der Waals surface area contributed by atoms with E-state index < -0.39 is 0 Å². The number of aromatic amines is 1. The zero-order valence-electron chi connectivity index (χ0n) is 4.96. The molecule has 0 aliphatic heterocycles. The molecule has 0 radical (unpaired) electrons. The Balaban J connectivity index is 2.80. The predicted octanol–water partition coefficient (Wildman–Crippen LogP) is 0.193. The van der Waals surface area contributed by atoms with Gasteiger partial charge in [0.05, 0.1) is 12.7 Å². The molecule has 3 N–H and O–H groups in total. The van der Waals surface area contributed by atoms with Crippen molar-refractivity contribution in [1.82, 2.24) is 10.2 Å². The normalized spacial score (nSPS) is 9.33. The Bertz CT molecular complexity index is 202. The maximum atomic E-state index is 5.42. The molecule has 0 fully saturated rings. The van der Waals surface area contributed by atoms with Crippen LogP contribution in [-0.4, -0.2) is 16.9 Å². The zero-order chi connectivity index (χ0) is 6.69. The monoisotopic (exact) mass is 124 g/mol. The maximum Gasteiger partial charge on any atom is 0.123 e. The summed E-state index contributed by atoms with van der Waals surface area (Å²) in [5.41, 5.74) is 6.31. The number of rotatable bonds is 2. The van der Waals surface area contributed by atoms with Gasteiger partial charge in [0.1, 0.15) is 5.82 Å². The maximum absolute atomic E-state index is 5.42. The topological polar surface area (TPSA) is 67.1 Å². The number of aromatic nitrogens is 2. The molecule has 0 saturated carbocycles. The molecule has 1 aromatic heterocycles. The Kier molecular flexibility index (Phi) is 1.48. The minimum Gasteiger partial charge on any atom is -0.384 e. The number of nitrogens with two attached hydrogens (primary N) is 1. The third kappa shape index (κ3) is 1.07. The molecule has 0 aromatic carbocycles. The quantitative estimate of drug-likeness (QED) is 0.553. The van der Waals surface area contributed by atoms with Gasteiger partial charge >= 0.3 is 0 Å². The van der Waals surface area contributed by atoms with Crippen molar-refractivity contribution in [3.05, 3.63) is 11.8 Å². The van der Waals surface area contributed by atoms with E-state index in [0.29, 0.717) is 12.4 Å². The van der Waals surface area contributed by atoms with E-state index in [1.165, 1.54) is 0 Å². The van der Waals surface area contributed by atoms with E-state index in [9.17, 15) is 0 Å². The Morgan fingerprint density at radius 3 is 3.11 bits per heavy atom. The summed E-state index contributed by atoms with van der Waals surface area (Å²) in [5.74, 6) is 0.572. The van der Waals surface area contributed by atoms with Gasteiger partial charge in [-0.05, 0) is 6.72 Å². The van der Waals surface area contributed by atoms with Crippen LogP contribution in [0.4, 0.5) is 5.82 Å². The predicted molar refractivity (Wildman–Crippen MR) is 36.3 cm³/mol. The van der Waals surface area contributed by atoms with Gasteiger partial charge < -0.3 is 5.73 Å². The smallest absolute Gasteiger partial charge is 0.123 e. The molecular weight excluding hydrogens is 116 g/mol. The number of H-pyrrole nitrogens is 1. The van der Waals surface area contributed by atoms with Crippen molar-refractivity contribution in [1.29, 1.82) is 0 Å². The highest BCUT2D eigenvalue weighted by Crippen LogP contribution is 2.05. The SMILES string of the molecule is C=NCc1cn[nH]c1N. The Morgan fingerprint density at radius 1 is 1.89 bits per heavy atom. The fraction of sp³-hybridized carbons (Fsp3) is 0.200. The van der Waals surface area contributed by atoms with Gasteiger partial charge in [-0.1, -0.05) is 0 Å². The van der Waals surface area contributed by atoms with Crippen molar-refractivity contribution in [3.8, 4) is 0 Å². The van der Waals surface area contributed by atoms with Crippen LogP contribution in [-0.2, 0) is 6.54 Å². The minimum absolute atomic E-state index is 0.530. The van der Waals surface area contributed by atoms with Gasteiger partial charge in [-0.15, -0.1) is 0 Å². The molecular formula is C5H8N4. The van der Waals surface area contributed by atoms with E-state index in [-0.39, 0.29) is 0 Å². The van der Waals surface area contributed by atoms with Crippen LogP contribution in [0, 0.1) is 0 Å². The average Bonchev–Trinajstić information content (AvgIpc) is 2.18. The highest BCUT2D eigenvalue weighted by atomic mass is 15.1. The average molecular weight is 124 g/mol. The number of nitrogens with zero attached hydrogens (tertiary/aromatic N) is 2. The van der Waals surface area contributed by atoms with E-state index in [2.05, 4.69) is 21.9 Å². The number of anilines is 1. The number of hydrogen-bond acceptors (Lipinski definition) is 3. The van der Waals surface area contributed by atoms with Crippen molar-refractivity contribution in [2.75, 3.05) is 5.73 Å². The molecule has 0 amide bonds. The molecule has 0 aliphatic carbocycles. The summed E-state index contributed by atoms with van der Waals surface area (Å²) < 4.78 is 0. The number of hydrogen-bond donors (Lipinski definition) is 2. The van der Waals surface area contributed by atoms with E-state index in [1.54, 1.807) is 6.20 Å². The molecule has 9 heavy (non-hydrogen) atoms. The number of nitrogens with one attached hydrogen (secondary N) is 1. The first-order chi connectivity index (χ1) is 4.34. The Morgan fingerprint density at radius 2 is 2.67 bits per heavy atom. The standard InChI is InChI=1S/C5H8N4/c1-7-2-4-3-8-9-5(4)6/h3H,1-2H2,(H3,6,8,9). The second-order valence-electron chi connectivity index (χ2n) is 1.69. The Labute approximate surface area is 52.8 Å². The van der Waals surface area contributed by atoms with Crippen molar-refractivity contribution in [2.24, 2.45) is 4.99 Å². The third-order valence-electron chi connectivity index (χ3n) is 1.03. The lowest BCUT2D eigenvalue weighted by Gasteiger charge is -1.88. The molecule has 0 saturated heterocycles. The fourth-order valence-corrected chi connectivity index (χ4v) is 0.568. The van der Waals surface area contributed by atoms with Crippen molar-refractivity contribution < 1.29 is 0 Å². The molecule has 0 aliphatic rings. The van der Waals surface area contributed by atoms with E-state index >= 15 is 0 Å². The van der Waals surface area contributed by atoms with Crippen LogP contribution in [0.25, 0.3) is 0 Å². The van der Waals surface area contributed by atoms with Gasteiger partial charge in [0.2, 0.25) is 0 Å². The Hall–Kier alpha value is -1.32. The molecule has 1 rings (SSSR count). The molecule has 0 atom stereocenters. The van der Waals surface area contributed by atoms with Crippen molar-refractivity contribution in [3.63, 3.8) is 0 Å². The second-order valence-corrected chi connectivity index (χ2v) is 1.69. The summed E-state index contributed by atoms with van der Waals surface area (Å²) in [6, 6.07) is 0. The summed E-state index contributed by atoms with van der Waals surface area (Å²) in [5, 5.41) is 6.30. The number of aliphatic imine (C=N–C) groups is 1. The van der Waals surface area contributed by atoms with E-state index in [4.69, 9.17) is 5.73 Å². The van der Waals surface area contributed by atoms with Gasteiger partial charge in [0.15, 0.2) is 0 Å². The van der Waals surface area contributed by atoms with Gasteiger partial charge in [0.25, 0.3) is 0 Å². The van der Waals surface area contributed by atoms with E-state index in [0.717, 1.165) is 5.56 Å². The second kappa shape index (κ2) is 2.30. The molecule has 0 bridgehead atoms. The van der Waals surface area contributed by atoms with Crippen LogP contribution in [0.1, 0.15) is 5.56 Å². The molecule has 4 heteroatoms. The first kappa shape index (κ1) is 5.81. The first-order valence-corrected chi connectivity index (χ1v) is 2.55. The van der Waals surface area contributed by atoms with Gasteiger partial charge in [0, 0.05) is 5.56 Å². The summed E-state index contributed by atoms with van der Waals surface area (Å²) in [6.45, 7) is 3.86. The molecule has 0 spiro atoms. The fourth-order valence-electron chi connectivity index (χ4n) is 0.568.